The summed E-state index contributed by atoms with van der Waals surface area (Å²) < 4.78 is 3.50. The van der Waals surface area contributed by atoms with E-state index < -0.39 is 8.72 Å². The maximum absolute atomic E-state index is 10.7. The highest BCUT2D eigenvalue weighted by Crippen LogP contribution is 2.31. The second kappa shape index (κ2) is 5.99. The molecule has 0 aliphatic carbocycles. The highest BCUT2D eigenvalue weighted by Gasteiger charge is 2.34. The lowest BCUT2D eigenvalue weighted by Gasteiger charge is -2.08. The standard InChI is InChI=1S/C12H9Cl3N2O3/c13-12(14,15)11-16-9(7-20-11)5-4-8-2-1-3-10(6-8)17(18)19/h1-6,9H,7H2/b5-4+/t9-/m1/s1. The Labute approximate surface area is 129 Å². The number of nitro groups is 1. The van der Waals surface area contributed by atoms with Gasteiger partial charge in [0.1, 0.15) is 12.6 Å². The van der Waals surface area contributed by atoms with Gasteiger partial charge in [0.15, 0.2) is 0 Å². The first-order chi connectivity index (χ1) is 9.36. The number of ether oxygens (including phenoxy) is 1. The van der Waals surface area contributed by atoms with Crippen molar-refractivity contribution in [2.45, 2.75) is 9.83 Å². The second-order valence-corrected chi connectivity index (χ2v) is 6.30. The van der Waals surface area contributed by atoms with Crippen molar-refractivity contribution in [3.05, 3.63) is 46.0 Å². The van der Waals surface area contributed by atoms with Crippen molar-refractivity contribution in [2.24, 2.45) is 4.99 Å². The molecule has 1 heterocycles. The average molecular weight is 336 g/mol. The number of nitrogens with zero attached hydrogens (tertiary/aromatic N) is 2. The zero-order valence-electron chi connectivity index (χ0n) is 10.0. The Hall–Kier alpha value is -1.30. The molecule has 2 rings (SSSR count). The van der Waals surface area contributed by atoms with Gasteiger partial charge in [0.05, 0.1) is 4.92 Å². The topological polar surface area (TPSA) is 64.7 Å². The molecule has 0 radical (unpaired) electrons. The van der Waals surface area contributed by atoms with E-state index in [9.17, 15) is 10.1 Å². The summed E-state index contributed by atoms with van der Waals surface area (Å²) in [4.78, 5) is 14.3. The van der Waals surface area contributed by atoms with E-state index >= 15 is 0 Å². The lowest BCUT2D eigenvalue weighted by atomic mass is 10.1. The average Bonchev–Trinajstić information content (AvgIpc) is 2.85. The minimum atomic E-state index is -1.67. The molecule has 0 spiro atoms. The molecule has 0 fully saturated rings. The van der Waals surface area contributed by atoms with Gasteiger partial charge >= 0.3 is 0 Å². The van der Waals surface area contributed by atoms with Gasteiger partial charge in [0.2, 0.25) is 5.90 Å². The Balaban J connectivity index is 2.09. The Morgan fingerprint density at radius 3 is 2.80 bits per heavy atom. The molecule has 0 bridgehead atoms. The first-order valence-corrected chi connectivity index (χ1v) is 6.70. The summed E-state index contributed by atoms with van der Waals surface area (Å²) in [5, 5.41) is 10.7. The largest absolute Gasteiger partial charge is 0.475 e. The minimum Gasteiger partial charge on any atom is -0.475 e. The van der Waals surface area contributed by atoms with Gasteiger partial charge in [-0.3, -0.25) is 10.1 Å². The van der Waals surface area contributed by atoms with Gasteiger partial charge in [-0.05, 0) is 5.56 Å². The zero-order chi connectivity index (χ0) is 14.8. The molecule has 1 atom stereocenters. The van der Waals surface area contributed by atoms with Gasteiger partial charge in [-0.25, -0.2) is 4.99 Å². The fraction of sp³-hybridized carbons (Fsp3) is 0.250. The zero-order valence-corrected chi connectivity index (χ0v) is 12.3. The third-order valence-corrected chi connectivity index (χ3v) is 2.99. The SMILES string of the molecule is O=[N+]([O-])c1cccc(/C=C/[C@@H]2COC(C(Cl)(Cl)Cl)=N2)c1. The number of alkyl halides is 3. The summed E-state index contributed by atoms with van der Waals surface area (Å²) in [6, 6.07) is 5.97. The molecule has 8 heteroatoms. The van der Waals surface area contributed by atoms with Crippen LogP contribution in [0.1, 0.15) is 5.56 Å². The van der Waals surface area contributed by atoms with Crippen LogP contribution in [0.25, 0.3) is 6.08 Å². The van der Waals surface area contributed by atoms with Gasteiger partial charge < -0.3 is 4.74 Å². The third kappa shape index (κ3) is 3.85. The molecular formula is C12H9Cl3N2O3. The van der Waals surface area contributed by atoms with E-state index in [1.165, 1.54) is 12.1 Å². The molecule has 1 aliphatic rings. The van der Waals surface area contributed by atoms with Crippen molar-refractivity contribution >= 4 is 52.5 Å². The lowest BCUT2D eigenvalue weighted by molar-refractivity contribution is -0.384. The quantitative estimate of drug-likeness (QED) is 0.480. The van der Waals surface area contributed by atoms with Crippen LogP contribution in [0.3, 0.4) is 0 Å². The van der Waals surface area contributed by atoms with Gasteiger partial charge in [-0.15, -0.1) is 0 Å². The summed E-state index contributed by atoms with van der Waals surface area (Å²) >= 11 is 17.0. The van der Waals surface area contributed by atoms with Gasteiger partial charge in [-0.1, -0.05) is 59.1 Å². The monoisotopic (exact) mass is 334 g/mol. The number of benzene rings is 1. The first kappa shape index (κ1) is 15.1. The molecule has 0 aromatic heterocycles. The highest BCUT2D eigenvalue weighted by molar-refractivity contribution is 6.76. The Morgan fingerprint density at radius 1 is 1.45 bits per heavy atom. The highest BCUT2D eigenvalue weighted by atomic mass is 35.6. The van der Waals surface area contributed by atoms with E-state index in [1.807, 2.05) is 0 Å². The molecule has 0 amide bonds. The van der Waals surface area contributed by atoms with Crippen molar-refractivity contribution in [3.8, 4) is 0 Å². The van der Waals surface area contributed by atoms with E-state index in [2.05, 4.69) is 4.99 Å². The second-order valence-electron chi connectivity index (χ2n) is 4.02. The summed E-state index contributed by atoms with van der Waals surface area (Å²) in [6.45, 7) is 0.272. The Bertz CT molecular complexity index is 582. The van der Waals surface area contributed by atoms with Crippen molar-refractivity contribution in [1.82, 2.24) is 0 Å². The van der Waals surface area contributed by atoms with Crippen LogP contribution in [-0.2, 0) is 4.74 Å². The predicted molar refractivity (Wildman–Crippen MR) is 79.6 cm³/mol. The van der Waals surface area contributed by atoms with Crippen LogP contribution < -0.4 is 0 Å². The van der Waals surface area contributed by atoms with Crippen LogP contribution in [0, 0.1) is 10.1 Å². The van der Waals surface area contributed by atoms with Crippen LogP contribution in [0.15, 0.2) is 35.3 Å². The normalized spacial score (nSPS) is 18.9. The van der Waals surface area contributed by atoms with E-state index in [-0.39, 0.29) is 24.2 Å². The van der Waals surface area contributed by atoms with Crippen LogP contribution in [0.2, 0.25) is 0 Å². The van der Waals surface area contributed by atoms with Gasteiger partial charge in [-0.2, -0.15) is 0 Å². The number of halogens is 3. The van der Waals surface area contributed by atoms with E-state index in [0.717, 1.165) is 0 Å². The van der Waals surface area contributed by atoms with Crippen LogP contribution in [0.5, 0.6) is 0 Å². The summed E-state index contributed by atoms with van der Waals surface area (Å²) in [5.41, 5.74) is 0.719. The lowest BCUT2D eigenvalue weighted by Crippen LogP contribution is -2.18. The molecule has 5 nitrogen and oxygen atoms in total. The van der Waals surface area contributed by atoms with Gasteiger partial charge in [0.25, 0.3) is 9.48 Å². The molecule has 106 valence electrons. The number of nitro benzene ring substituents is 1. The Morgan fingerprint density at radius 2 is 2.20 bits per heavy atom. The van der Waals surface area contributed by atoms with Crippen LogP contribution in [-0.4, -0.2) is 27.3 Å². The minimum absolute atomic E-state index is 0.0281. The van der Waals surface area contributed by atoms with Crippen molar-refractivity contribution in [2.75, 3.05) is 6.61 Å². The van der Waals surface area contributed by atoms with Crippen LogP contribution in [0.4, 0.5) is 5.69 Å². The summed E-state index contributed by atoms with van der Waals surface area (Å²) in [6.07, 6.45) is 3.45. The predicted octanol–water partition coefficient (Wildman–Crippen LogP) is 3.78. The maximum atomic E-state index is 10.7. The first-order valence-electron chi connectivity index (χ1n) is 5.57. The molecule has 1 aromatic rings. The van der Waals surface area contributed by atoms with Gasteiger partial charge in [0, 0.05) is 12.1 Å². The molecule has 1 aromatic carbocycles. The van der Waals surface area contributed by atoms with E-state index in [4.69, 9.17) is 39.5 Å². The van der Waals surface area contributed by atoms with E-state index in [0.29, 0.717) is 5.56 Å². The molecule has 0 N–H and O–H groups in total. The molecule has 0 saturated carbocycles. The van der Waals surface area contributed by atoms with Crippen molar-refractivity contribution in [3.63, 3.8) is 0 Å². The van der Waals surface area contributed by atoms with Crippen molar-refractivity contribution in [1.29, 1.82) is 0 Å². The smallest absolute Gasteiger partial charge is 0.270 e. The molecule has 20 heavy (non-hydrogen) atoms. The summed E-state index contributed by atoms with van der Waals surface area (Å²) in [5.74, 6) is 0.0520. The fourth-order valence-corrected chi connectivity index (χ4v) is 1.92. The number of hydrogen-bond donors (Lipinski definition) is 0. The summed E-state index contributed by atoms with van der Waals surface area (Å²) in [7, 11) is 0. The Kier molecular flexibility index (Phi) is 4.52. The van der Waals surface area contributed by atoms with E-state index in [1.54, 1.807) is 24.3 Å². The fourth-order valence-electron chi connectivity index (χ4n) is 1.61. The molecule has 1 aliphatic heterocycles. The number of rotatable bonds is 3. The number of aliphatic imine (C=N–C) groups is 1. The van der Waals surface area contributed by atoms with Crippen molar-refractivity contribution < 1.29 is 9.66 Å². The van der Waals surface area contributed by atoms with Crippen LogP contribution >= 0.6 is 34.8 Å². The number of hydrogen-bond acceptors (Lipinski definition) is 4. The maximum Gasteiger partial charge on any atom is 0.270 e. The molecule has 0 unspecified atom stereocenters. The number of non-ortho nitro benzene ring substituents is 1. The molecule has 0 saturated heterocycles. The third-order valence-electron chi connectivity index (χ3n) is 2.51. The molecular weight excluding hydrogens is 327 g/mol.